The van der Waals surface area contributed by atoms with E-state index < -0.39 is 11.5 Å². The Bertz CT molecular complexity index is 382. The molecule has 14 heavy (non-hydrogen) atoms. The second-order valence-electron chi connectivity index (χ2n) is 2.71. The molecule has 0 radical (unpaired) electrons. The van der Waals surface area contributed by atoms with E-state index in [2.05, 4.69) is 5.18 Å². The predicted molar refractivity (Wildman–Crippen MR) is 52.5 cm³/mol. The Labute approximate surface area is 80.9 Å². The largest absolute Gasteiger partial charge is 0.505 e. The lowest BCUT2D eigenvalue weighted by atomic mass is 10.1. The van der Waals surface area contributed by atoms with Crippen molar-refractivity contribution >= 4 is 11.5 Å². The minimum absolute atomic E-state index is 0.381. The molecule has 1 N–H and O–H groups in total. The first kappa shape index (κ1) is 10.1. The summed E-state index contributed by atoms with van der Waals surface area (Å²) in [6.45, 7) is 1.18. The zero-order chi connectivity index (χ0) is 10.6. The van der Waals surface area contributed by atoms with E-state index >= 15 is 0 Å². The Morgan fingerprint density at radius 3 is 2.29 bits per heavy atom. The van der Waals surface area contributed by atoms with Crippen molar-refractivity contribution in [2.75, 3.05) is 0 Å². The molecule has 0 amide bonds. The normalized spacial score (nSPS) is 11.8. The Kier molecular flexibility index (Phi) is 3.12. The number of aliphatic hydroxyl groups is 1. The van der Waals surface area contributed by atoms with Crippen molar-refractivity contribution in [3.8, 4) is 0 Å². The van der Waals surface area contributed by atoms with Gasteiger partial charge in [0.05, 0.1) is 0 Å². The number of aliphatic hydroxyl groups excluding tert-OH is 1. The quantitative estimate of drug-likeness (QED) is 0.452. The van der Waals surface area contributed by atoms with Crippen LogP contribution in [0.2, 0.25) is 0 Å². The van der Waals surface area contributed by atoms with Gasteiger partial charge < -0.3 is 5.11 Å². The van der Waals surface area contributed by atoms with Crippen molar-refractivity contribution in [1.29, 1.82) is 0 Å². The molecule has 1 rings (SSSR count). The second kappa shape index (κ2) is 4.32. The molecule has 0 aliphatic carbocycles. The molecule has 0 aliphatic rings. The highest BCUT2D eigenvalue weighted by molar-refractivity contribution is 5.99. The molecule has 0 heterocycles. The maximum atomic E-state index is 10.9. The van der Waals surface area contributed by atoms with Gasteiger partial charge in [-0.05, 0) is 5.18 Å². The van der Waals surface area contributed by atoms with E-state index in [0.717, 1.165) is 0 Å². The summed E-state index contributed by atoms with van der Waals surface area (Å²) < 4.78 is 0. The number of carbonyl (C=O) groups is 1. The molecule has 0 atom stereocenters. The van der Waals surface area contributed by atoms with Gasteiger partial charge in [0.1, 0.15) is 0 Å². The monoisotopic (exact) mass is 191 g/mol. The SMILES string of the molecule is CC(=O)/C(N=O)=C(/O)c1ccccc1. The van der Waals surface area contributed by atoms with Crippen LogP contribution in [0.3, 0.4) is 0 Å². The number of Topliss-reactive ketones (excluding diaryl/α,β-unsaturated/α-hetero) is 1. The van der Waals surface area contributed by atoms with Gasteiger partial charge in [-0.15, -0.1) is 4.91 Å². The number of nitrogens with zero attached hydrogens (tertiary/aromatic N) is 1. The molecule has 0 fully saturated rings. The topological polar surface area (TPSA) is 66.7 Å². The fraction of sp³-hybridized carbons (Fsp3) is 0.100. The number of carbonyl (C=O) groups excluding carboxylic acids is 1. The molecule has 0 aliphatic heterocycles. The van der Waals surface area contributed by atoms with Gasteiger partial charge in [0.15, 0.2) is 17.2 Å². The van der Waals surface area contributed by atoms with Crippen molar-refractivity contribution in [3.05, 3.63) is 46.5 Å². The van der Waals surface area contributed by atoms with Crippen molar-refractivity contribution in [2.45, 2.75) is 6.92 Å². The third kappa shape index (κ3) is 2.04. The van der Waals surface area contributed by atoms with Gasteiger partial charge in [0, 0.05) is 12.5 Å². The minimum atomic E-state index is -0.554. The molecule has 4 heteroatoms. The summed E-state index contributed by atoms with van der Waals surface area (Å²) in [4.78, 5) is 21.2. The average Bonchev–Trinajstić information content (AvgIpc) is 2.19. The summed E-state index contributed by atoms with van der Waals surface area (Å²) in [6.07, 6.45) is 0. The average molecular weight is 191 g/mol. The van der Waals surface area contributed by atoms with Crippen LogP contribution in [0.25, 0.3) is 5.76 Å². The molecule has 4 nitrogen and oxygen atoms in total. The highest BCUT2D eigenvalue weighted by Gasteiger charge is 2.12. The molecule has 0 saturated heterocycles. The van der Waals surface area contributed by atoms with Crippen LogP contribution in [-0.2, 0) is 4.79 Å². The van der Waals surface area contributed by atoms with E-state index in [0.29, 0.717) is 5.56 Å². The maximum absolute atomic E-state index is 10.9. The number of hydrogen-bond donors (Lipinski definition) is 1. The van der Waals surface area contributed by atoms with E-state index in [1.165, 1.54) is 6.92 Å². The van der Waals surface area contributed by atoms with Gasteiger partial charge in [-0.25, -0.2) is 0 Å². The fourth-order valence-corrected chi connectivity index (χ4v) is 1.01. The molecule has 0 bridgehead atoms. The summed E-state index contributed by atoms with van der Waals surface area (Å²) >= 11 is 0. The number of nitroso groups, excluding NO2 is 1. The second-order valence-corrected chi connectivity index (χ2v) is 2.71. The van der Waals surface area contributed by atoms with Gasteiger partial charge in [-0.2, -0.15) is 0 Å². The summed E-state index contributed by atoms with van der Waals surface area (Å²) in [5.74, 6) is -0.936. The summed E-state index contributed by atoms with van der Waals surface area (Å²) in [6, 6.07) is 8.31. The van der Waals surface area contributed by atoms with Crippen LogP contribution in [0.15, 0.2) is 41.2 Å². The zero-order valence-electron chi connectivity index (χ0n) is 7.60. The molecule has 0 aromatic heterocycles. The van der Waals surface area contributed by atoms with Gasteiger partial charge >= 0.3 is 0 Å². The molecule has 0 spiro atoms. The molecule has 1 aromatic carbocycles. The molecular formula is C10H9NO3. The lowest BCUT2D eigenvalue weighted by molar-refractivity contribution is -0.113. The Morgan fingerprint density at radius 1 is 1.29 bits per heavy atom. The number of ketones is 1. The lowest BCUT2D eigenvalue weighted by Crippen LogP contribution is -1.98. The van der Waals surface area contributed by atoms with Crippen molar-refractivity contribution in [3.63, 3.8) is 0 Å². The van der Waals surface area contributed by atoms with Gasteiger partial charge in [0.2, 0.25) is 0 Å². The lowest BCUT2D eigenvalue weighted by Gasteiger charge is -2.00. The highest BCUT2D eigenvalue weighted by Crippen LogP contribution is 2.16. The maximum Gasteiger partial charge on any atom is 0.192 e. The van der Waals surface area contributed by atoms with Crippen molar-refractivity contribution < 1.29 is 9.90 Å². The van der Waals surface area contributed by atoms with Gasteiger partial charge in [-0.1, -0.05) is 30.3 Å². The van der Waals surface area contributed by atoms with E-state index in [9.17, 15) is 14.8 Å². The molecular weight excluding hydrogens is 182 g/mol. The van der Waals surface area contributed by atoms with Gasteiger partial charge in [0.25, 0.3) is 0 Å². The van der Waals surface area contributed by atoms with Crippen LogP contribution < -0.4 is 0 Å². The first-order chi connectivity index (χ1) is 6.66. The molecule has 72 valence electrons. The standard InChI is InChI=1S/C10H9NO3/c1-7(12)9(11-14)10(13)8-5-3-2-4-6-8/h2-6,13H,1H3/b10-9-. The first-order valence-corrected chi connectivity index (χ1v) is 3.99. The van der Waals surface area contributed by atoms with Crippen LogP contribution in [0.1, 0.15) is 12.5 Å². The van der Waals surface area contributed by atoms with Gasteiger partial charge in [-0.3, -0.25) is 4.79 Å². The van der Waals surface area contributed by atoms with E-state index in [1.54, 1.807) is 30.3 Å². The first-order valence-electron chi connectivity index (χ1n) is 3.99. The molecule has 0 unspecified atom stereocenters. The fourth-order valence-electron chi connectivity index (χ4n) is 1.01. The summed E-state index contributed by atoms with van der Waals surface area (Å²) in [5, 5.41) is 12.0. The smallest absolute Gasteiger partial charge is 0.192 e. The molecule has 0 saturated carbocycles. The summed E-state index contributed by atoms with van der Waals surface area (Å²) in [7, 11) is 0. The van der Waals surface area contributed by atoms with Crippen LogP contribution in [0.5, 0.6) is 0 Å². The number of benzene rings is 1. The van der Waals surface area contributed by atoms with Crippen LogP contribution in [0, 0.1) is 4.91 Å². The third-order valence-electron chi connectivity index (χ3n) is 1.70. The molecule has 1 aromatic rings. The minimum Gasteiger partial charge on any atom is -0.505 e. The predicted octanol–water partition coefficient (Wildman–Crippen LogP) is 2.27. The Hall–Kier alpha value is -1.97. The van der Waals surface area contributed by atoms with E-state index in [1.807, 2.05) is 0 Å². The van der Waals surface area contributed by atoms with Crippen LogP contribution >= 0.6 is 0 Å². The third-order valence-corrected chi connectivity index (χ3v) is 1.70. The van der Waals surface area contributed by atoms with E-state index in [-0.39, 0.29) is 5.76 Å². The van der Waals surface area contributed by atoms with Crippen LogP contribution in [0.4, 0.5) is 0 Å². The van der Waals surface area contributed by atoms with Crippen molar-refractivity contribution in [1.82, 2.24) is 0 Å². The van der Waals surface area contributed by atoms with Crippen molar-refractivity contribution in [2.24, 2.45) is 5.18 Å². The van der Waals surface area contributed by atoms with E-state index in [4.69, 9.17) is 0 Å². The Balaban J connectivity index is 3.21. The summed E-state index contributed by atoms with van der Waals surface area (Å²) in [5.41, 5.74) is -0.0477. The zero-order valence-corrected chi connectivity index (χ0v) is 7.60. The Morgan fingerprint density at radius 2 is 1.86 bits per heavy atom. The van der Waals surface area contributed by atoms with Crippen LogP contribution in [-0.4, -0.2) is 10.9 Å². The number of allylic oxidation sites excluding steroid dienone is 1. The number of rotatable bonds is 3. The highest BCUT2D eigenvalue weighted by atomic mass is 16.3. The number of hydrogen-bond acceptors (Lipinski definition) is 4.